The molecule has 0 unspecified atom stereocenters. The van der Waals surface area contributed by atoms with Crippen molar-refractivity contribution in [1.82, 2.24) is 99.2 Å². The van der Waals surface area contributed by atoms with Gasteiger partial charge in [0.15, 0.2) is 0 Å². The maximum Gasteiger partial charge on any atom is 0.276 e. The summed E-state index contributed by atoms with van der Waals surface area (Å²) in [6.45, 7) is 9.03. The number of nitrogens with zero attached hydrogens (tertiary/aromatic N) is 18. The Bertz CT molecular complexity index is 6250. The quantitative estimate of drug-likeness (QED) is 0.0362. The summed E-state index contributed by atoms with van der Waals surface area (Å²) >= 11 is 0. The van der Waals surface area contributed by atoms with E-state index in [9.17, 15) is 18.9 Å². The lowest BCUT2D eigenvalue weighted by molar-refractivity contribution is -0.385. The van der Waals surface area contributed by atoms with Crippen LogP contribution in [0.5, 0.6) is 5.75 Å². The Labute approximate surface area is 694 Å². The van der Waals surface area contributed by atoms with Crippen molar-refractivity contribution in [2.75, 3.05) is 59.5 Å². The van der Waals surface area contributed by atoms with E-state index in [1.54, 1.807) is 58.0 Å². The minimum Gasteiger partial charge on any atom is -0.497 e. The second kappa shape index (κ2) is 37.3. The number of aromatic nitrogens is 16. The van der Waals surface area contributed by atoms with Gasteiger partial charge in [-0.1, -0.05) is 36.4 Å². The average molecular weight is 1630 g/mol. The van der Waals surface area contributed by atoms with Gasteiger partial charge in [0.05, 0.1) is 100 Å². The average Bonchev–Trinajstić information content (AvgIpc) is 1.67. The molecule has 121 heavy (non-hydrogen) atoms. The third kappa shape index (κ3) is 19.0. The van der Waals surface area contributed by atoms with Crippen molar-refractivity contribution < 1.29 is 37.8 Å². The van der Waals surface area contributed by atoms with E-state index in [-0.39, 0.29) is 24.5 Å². The number of methoxy groups -OCH3 is 1. The fourth-order valence-corrected chi connectivity index (χ4v) is 15.5. The summed E-state index contributed by atoms with van der Waals surface area (Å²) < 4.78 is 47.4. The van der Waals surface area contributed by atoms with Crippen LogP contribution < -0.4 is 45.4 Å². The van der Waals surface area contributed by atoms with E-state index < -0.39 is 16.6 Å². The predicted octanol–water partition coefficient (Wildman–Crippen LogP) is 13.9. The number of nitriles is 1. The van der Waals surface area contributed by atoms with E-state index in [1.807, 2.05) is 150 Å². The van der Waals surface area contributed by atoms with Crippen LogP contribution in [0.1, 0.15) is 103 Å². The smallest absolute Gasteiger partial charge is 0.276 e. The third-order valence-corrected chi connectivity index (χ3v) is 22.4. The molecule has 4 aromatic carbocycles. The maximum atomic E-state index is 13.9. The van der Waals surface area contributed by atoms with E-state index in [4.69, 9.17) is 29.3 Å². The second-order valence-corrected chi connectivity index (χ2v) is 30.2. The lowest BCUT2D eigenvalue weighted by atomic mass is 10.1. The summed E-state index contributed by atoms with van der Waals surface area (Å²) in [6.07, 6.45) is 39.3. The molecule has 616 valence electrons. The molecule has 0 spiro atoms. The highest BCUT2D eigenvalue weighted by Gasteiger charge is 2.23. The molecule has 4 fully saturated rings. The molecule has 4 saturated heterocycles. The van der Waals surface area contributed by atoms with Gasteiger partial charge < -0.3 is 45.4 Å². The van der Waals surface area contributed by atoms with Gasteiger partial charge in [-0.25, -0.2) is 8.78 Å². The Morgan fingerprint density at radius 2 is 0.785 bits per heavy atom. The number of ether oxygens (including phenoxy) is 1. The number of nitro benzene ring substituents is 1. The first-order chi connectivity index (χ1) is 59.5. The molecule has 16 heterocycles. The Morgan fingerprint density at radius 3 is 1.17 bits per heavy atom. The number of pyridine rings is 4. The number of hydrogen-bond donors (Lipinski definition) is 4. The lowest BCUT2D eigenvalue weighted by Gasteiger charge is -2.22. The van der Waals surface area contributed by atoms with Gasteiger partial charge in [0.25, 0.3) is 5.69 Å². The van der Waals surface area contributed by atoms with E-state index in [1.165, 1.54) is 10.8 Å². The molecule has 0 amide bonds. The Balaban J connectivity index is 0.000000115. The Hall–Kier alpha value is -13.9. The monoisotopic (exact) mass is 1630 g/mol. The first-order valence-electron chi connectivity index (χ1n) is 40.7. The van der Waals surface area contributed by atoms with Crippen LogP contribution in [0.3, 0.4) is 0 Å². The predicted molar refractivity (Wildman–Crippen MR) is 453 cm³/mol. The molecular formula is C90H90F2N22O7. The summed E-state index contributed by atoms with van der Waals surface area (Å²) in [7, 11) is 1.66. The normalized spacial score (nSPS) is 14.8. The van der Waals surface area contributed by atoms with Crippen LogP contribution in [-0.4, -0.2) is 142 Å². The summed E-state index contributed by atoms with van der Waals surface area (Å²) in [5.41, 5.74) is 18.1. The summed E-state index contributed by atoms with van der Waals surface area (Å²) in [6, 6.07) is 44.9. The number of nitrogens with one attached hydrogen (secondary N) is 4. The van der Waals surface area contributed by atoms with Crippen molar-refractivity contribution in [1.29, 1.82) is 5.26 Å². The van der Waals surface area contributed by atoms with Crippen LogP contribution in [0.2, 0.25) is 0 Å². The van der Waals surface area contributed by atoms with Crippen molar-refractivity contribution in [2.24, 2.45) is 0 Å². The van der Waals surface area contributed by atoms with Crippen LogP contribution in [0.15, 0.2) is 239 Å². The van der Waals surface area contributed by atoms with Gasteiger partial charge in [0.1, 0.15) is 65.9 Å². The zero-order chi connectivity index (χ0) is 82.4. The molecule has 12 aromatic heterocycles. The zero-order valence-corrected chi connectivity index (χ0v) is 66.6. The minimum absolute atomic E-state index is 0.0445. The van der Waals surface area contributed by atoms with Crippen molar-refractivity contribution in [3.8, 4) is 56.3 Å². The van der Waals surface area contributed by atoms with Gasteiger partial charge in [-0.05, 0) is 212 Å². The van der Waals surface area contributed by atoms with Crippen LogP contribution in [-0.2, 0) is 26.4 Å². The maximum absolute atomic E-state index is 13.9. The largest absolute Gasteiger partial charge is 0.497 e. The first kappa shape index (κ1) is 79.5. The van der Waals surface area contributed by atoms with Gasteiger partial charge in [0.2, 0.25) is 0 Å². The molecule has 0 radical (unpaired) electrons. The number of halogens is 2. The molecule has 4 N–H and O–H groups in total. The van der Waals surface area contributed by atoms with Gasteiger partial charge >= 0.3 is 0 Å². The van der Waals surface area contributed by atoms with E-state index in [2.05, 4.69) is 114 Å². The molecule has 20 rings (SSSR count). The van der Waals surface area contributed by atoms with Crippen LogP contribution in [0.4, 0.5) is 14.5 Å². The highest BCUT2D eigenvalue weighted by atomic mass is 19.1. The SMILES string of the molecule is COc1ccc(COn2ccc3ncc(-c4cnn(C5CCNCC5)c4)cc32)cc1.Fc1ccc(F)c(COn2ccc3ncc(-c4cnn(C5CCNCC5)c4)cc32)c1.N#Cc1cccc(COn2ccc3ncc(-c4cnn(C5CCNCC5)c4)cc32)c1.O=[N+]([O-])c1ccccc1COn1ccc2ncc(-c3cnn(C4CCNCC4)c3)cc21. The number of benzene rings is 4. The molecule has 31 heteroatoms. The van der Waals surface area contributed by atoms with Gasteiger partial charge in [-0.3, -0.25) is 48.8 Å². The lowest BCUT2D eigenvalue weighted by Crippen LogP contribution is -2.29. The molecule has 0 bridgehead atoms. The van der Waals surface area contributed by atoms with Crippen LogP contribution >= 0.6 is 0 Å². The summed E-state index contributed by atoms with van der Waals surface area (Å²) in [4.78, 5) is 52.7. The van der Waals surface area contributed by atoms with E-state index in [0.717, 1.165) is 227 Å². The standard InChI is InChI=1S/C23H22N6O.C23H25N5O2.C22H21F2N5O.C22H22N6O3/c24-12-17-2-1-3-18(10-17)16-30-29-9-6-22-23(29)11-19(13-26-22)20-14-27-28(15-20)21-4-7-25-8-5-21;1-29-21-4-2-17(3-5-21)16-30-28-11-8-22-23(28)12-18(13-25-22)19-14-26-27(15-19)20-6-9-24-10-7-20;23-18-1-2-20(24)16(9-18)14-30-29-8-5-21-22(29)10-15(11-26-21)17-12-27-28(13-17)19-3-6-25-7-4-19;29-28(30)21-4-2-1-3-16(21)15-31-27-10-7-20-22(27)11-17(12-24-20)18-13-25-26(14-18)19-5-8-23-9-6-19/h1-3,6,9-11,13-15,21,25H,4-5,7-8,16H2;2-5,8,11-15,20,24H,6-7,9-10,16H2,1H3;1-2,5,8-13,19,25H,3-4,6-7,14H2;1-4,7,10-14,19,23H,5-6,8-9,15H2. The molecular weight excluding hydrogens is 1540 g/mol. The van der Waals surface area contributed by atoms with Crippen molar-refractivity contribution in [2.45, 2.75) is 102 Å². The molecule has 4 aliphatic rings. The van der Waals surface area contributed by atoms with Gasteiger partial charge in [-0.15, -0.1) is 0 Å². The Kier molecular flexibility index (Phi) is 24.5. The number of fused-ring (bicyclic) bond motifs is 4. The van der Waals surface area contributed by atoms with Crippen molar-refractivity contribution in [3.05, 3.63) is 288 Å². The molecule has 0 saturated carbocycles. The summed E-state index contributed by atoms with van der Waals surface area (Å²) in [5.74, 6) is -0.164. The van der Waals surface area contributed by atoms with Crippen molar-refractivity contribution >= 4 is 49.8 Å². The Morgan fingerprint density at radius 1 is 0.413 bits per heavy atom. The zero-order valence-electron chi connectivity index (χ0n) is 66.6. The van der Waals surface area contributed by atoms with Gasteiger partial charge in [0, 0.05) is 130 Å². The topological polar surface area (TPSA) is 304 Å². The fraction of sp³-hybridized carbons (Fsp3) is 0.278. The number of hydrogen-bond acceptors (Lipinski definition) is 20. The highest BCUT2D eigenvalue weighted by molar-refractivity contribution is 5.84. The number of para-hydroxylation sites is 1. The summed E-state index contributed by atoms with van der Waals surface area (Å²) in [5, 5.41) is 52.2. The van der Waals surface area contributed by atoms with Crippen LogP contribution in [0.25, 0.3) is 88.6 Å². The number of rotatable bonds is 22. The van der Waals surface area contributed by atoms with E-state index in [0.29, 0.717) is 48.5 Å². The minimum atomic E-state index is -0.503. The fourth-order valence-electron chi connectivity index (χ4n) is 15.5. The highest BCUT2D eigenvalue weighted by Crippen LogP contribution is 2.33. The van der Waals surface area contributed by atoms with Crippen molar-refractivity contribution in [3.63, 3.8) is 0 Å². The van der Waals surface area contributed by atoms with Gasteiger partial charge in [-0.2, -0.15) is 44.6 Å². The molecule has 16 aromatic rings. The number of piperidine rings is 4. The molecule has 4 aliphatic heterocycles. The molecule has 0 atom stereocenters. The number of nitro groups is 1. The van der Waals surface area contributed by atoms with E-state index >= 15 is 0 Å². The molecule has 0 aliphatic carbocycles. The third-order valence-electron chi connectivity index (χ3n) is 22.4. The molecule has 29 nitrogen and oxygen atoms in total. The second-order valence-electron chi connectivity index (χ2n) is 30.2. The van der Waals surface area contributed by atoms with Crippen LogP contribution in [0, 0.1) is 33.1 Å². The first-order valence-corrected chi connectivity index (χ1v) is 40.7.